The van der Waals surface area contributed by atoms with Crippen LogP contribution in [0.15, 0.2) is 23.3 Å². The smallest absolute Gasteiger partial charge is 0.263 e. The molecule has 0 saturated carbocycles. The number of amides is 1. The van der Waals surface area contributed by atoms with Crippen molar-refractivity contribution in [2.24, 2.45) is 5.10 Å². The number of anilines is 2. The average molecular weight is 277 g/mol. The number of thioether (sulfide) groups is 1. The molecule has 7 heteroatoms. The van der Waals surface area contributed by atoms with E-state index in [2.05, 4.69) is 10.5 Å². The minimum absolute atomic E-state index is 0.0483. The predicted molar refractivity (Wildman–Crippen MR) is 77.8 cm³/mol. The van der Waals surface area contributed by atoms with Gasteiger partial charge < -0.3 is 16.4 Å². The fourth-order valence-corrected chi connectivity index (χ4v) is 3.40. The summed E-state index contributed by atoms with van der Waals surface area (Å²) in [7, 11) is 0. The van der Waals surface area contributed by atoms with Gasteiger partial charge in [-0.1, -0.05) is 0 Å². The molecule has 1 unspecified atom stereocenters. The van der Waals surface area contributed by atoms with E-state index in [4.69, 9.17) is 11.5 Å². The number of rotatable bonds is 1. The highest BCUT2D eigenvalue weighted by molar-refractivity contribution is 7.99. The molecule has 0 spiro atoms. The second-order valence-electron chi connectivity index (χ2n) is 4.58. The molecule has 2 heterocycles. The van der Waals surface area contributed by atoms with E-state index >= 15 is 0 Å². The number of nitrogens with zero attached hydrogens (tertiary/aromatic N) is 2. The summed E-state index contributed by atoms with van der Waals surface area (Å²) in [5.41, 5.74) is 16.2. The monoisotopic (exact) mass is 277 g/mol. The van der Waals surface area contributed by atoms with Crippen molar-refractivity contribution in [3.63, 3.8) is 0 Å². The number of nitrogens with one attached hydrogen (secondary N) is 1. The molecule has 1 amide bonds. The number of benzene rings is 1. The number of hydrazone groups is 1. The van der Waals surface area contributed by atoms with Gasteiger partial charge in [-0.3, -0.25) is 4.79 Å². The van der Waals surface area contributed by atoms with Gasteiger partial charge in [-0.25, -0.2) is 5.43 Å². The molecule has 1 atom stereocenters. The zero-order valence-electron chi connectivity index (χ0n) is 10.3. The topological polar surface area (TPSA) is 96.7 Å². The molecular weight excluding hydrogens is 262 g/mol. The molecule has 100 valence electrons. The van der Waals surface area contributed by atoms with Gasteiger partial charge in [0.2, 0.25) is 0 Å². The largest absolute Gasteiger partial charge is 0.399 e. The third kappa shape index (κ3) is 2.21. The molecule has 0 aromatic heterocycles. The first-order valence-electron chi connectivity index (χ1n) is 6.03. The zero-order chi connectivity index (χ0) is 13.4. The number of nitrogen functional groups attached to an aromatic ring is 2. The quantitative estimate of drug-likeness (QED) is 0.631. The predicted octanol–water partition coefficient (Wildman–Crippen LogP) is 0.0598. The SMILES string of the molecule is Nc1cc(N)cc(C2=NNC(=O)C3CSCCN23)c1. The Bertz CT molecular complexity index is 539. The van der Waals surface area contributed by atoms with E-state index < -0.39 is 0 Å². The Balaban J connectivity index is 2.01. The van der Waals surface area contributed by atoms with Gasteiger partial charge >= 0.3 is 0 Å². The Labute approximate surface area is 115 Å². The average Bonchev–Trinajstić information content (AvgIpc) is 2.38. The molecule has 3 rings (SSSR count). The van der Waals surface area contributed by atoms with Crippen molar-refractivity contribution in [2.75, 3.05) is 29.5 Å². The van der Waals surface area contributed by atoms with Crippen molar-refractivity contribution in [3.05, 3.63) is 23.8 Å². The molecule has 19 heavy (non-hydrogen) atoms. The minimum atomic E-state index is -0.158. The fourth-order valence-electron chi connectivity index (χ4n) is 2.36. The van der Waals surface area contributed by atoms with E-state index in [1.54, 1.807) is 17.8 Å². The number of hydrogen-bond donors (Lipinski definition) is 3. The molecule has 1 aromatic rings. The van der Waals surface area contributed by atoms with Crippen LogP contribution in [0, 0.1) is 0 Å². The van der Waals surface area contributed by atoms with Crippen LogP contribution < -0.4 is 16.9 Å². The maximum atomic E-state index is 11.8. The lowest BCUT2D eigenvalue weighted by atomic mass is 10.1. The van der Waals surface area contributed by atoms with Crippen molar-refractivity contribution in [1.82, 2.24) is 10.3 Å². The van der Waals surface area contributed by atoms with Gasteiger partial charge in [0.15, 0.2) is 5.84 Å². The summed E-state index contributed by atoms with van der Waals surface area (Å²) in [5, 5.41) is 4.17. The molecular formula is C12H15N5OS. The van der Waals surface area contributed by atoms with E-state index in [1.807, 2.05) is 17.0 Å². The van der Waals surface area contributed by atoms with Crippen molar-refractivity contribution >= 4 is 34.9 Å². The highest BCUT2D eigenvalue weighted by atomic mass is 32.2. The lowest BCUT2D eigenvalue weighted by molar-refractivity contribution is -0.125. The normalized spacial score (nSPS) is 22.5. The Hall–Kier alpha value is -1.89. The molecule has 2 aliphatic heterocycles. The summed E-state index contributed by atoms with van der Waals surface area (Å²) in [6.45, 7) is 0.802. The van der Waals surface area contributed by atoms with Gasteiger partial charge in [0.1, 0.15) is 6.04 Å². The number of hydrogen-bond acceptors (Lipinski definition) is 6. The third-order valence-electron chi connectivity index (χ3n) is 3.21. The third-order valence-corrected chi connectivity index (χ3v) is 4.23. The van der Waals surface area contributed by atoms with E-state index in [0.717, 1.165) is 29.4 Å². The standard InChI is InChI=1S/C12H15N5OS/c13-8-3-7(4-9(14)5-8)11-15-16-12(18)10-6-19-2-1-17(10)11/h3-5,10H,1-2,6,13-14H2,(H,16,18). The Morgan fingerprint density at radius 3 is 2.79 bits per heavy atom. The summed E-state index contributed by atoms with van der Waals surface area (Å²) < 4.78 is 0. The van der Waals surface area contributed by atoms with Crippen LogP contribution in [-0.2, 0) is 4.79 Å². The van der Waals surface area contributed by atoms with E-state index in [-0.39, 0.29) is 11.9 Å². The van der Waals surface area contributed by atoms with Crippen molar-refractivity contribution < 1.29 is 4.79 Å². The van der Waals surface area contributed by atoms with E-state index in [9.17, 15) is 4.79 Å². The Kier molecular flexibility index (Phi) is 2.98. The van der Waals surface area contributed by atoms with Crippen LogP contribution in [-0.4, -0.2) is 40.7 Å². The van der Waals surface area contributed by atoms with Gasteiger partial charge in [0.05, 0.1) is 0 Å². The molecule has 6 nitrogen and oxygen atoms in total. The number of nitrogens with two attached hydrogens (primary N) is 2. The maximum absolute atomic E-state index is 11.8. The number of carbonyl (C=O) groups is 1. The minimum Gasteiger partial charge on any atom is -0.399 e. The summed E-state index contributed by atoms with van der Waals surface area (Å²) in [4.78, 5) is 13.8. The second-order valence-corrected chi connectivity index (χ2v) is 5.73. The Morgan fingerprint density at radius 1 is 1.32 bits per heavy atom. The molecule has 0 bridgehead atoms. The molecule has 1 aromatic carbocycles. The van der Waals surface area contributed by atoms with Crippen LogP contribution in [0.1, 0.15) is 5.56 Å². The molecule has 1 saturated heterocycles. The first-order chi connectivity index (χ1) is 9.15. The number of fused-ring (bicyclic) bond motifs is 1. The molecule has 1 fully saturated rings. The highest BCUT2D eigenvalue weighted by Gasteiger charge is 2.35. The first kappa shape index (κ1) is 12.2. The summed E-state index contributed by atoms with van der Waals surface area (Å²) >= 11 is 1.78. The second kappa shape index (κ2) is 4.65. The van der Waals surface area contributed by atoms with Gasteiger partial charge in [0.25, 0.3) is 5.91 Å². The number of amidine groups is 1. The van der Waals surface area contributed by atoms with Gasteiger partial charge in [-0.15, -0.1) is 0 Å². The van der Waals surface area contributed by atoms with Crippen LogP contribution in [0.5, 0.6) is 0 Å². The Morgan fingerprint density at radius 2 is 2.05 bits per heavy atom. The summed E-state index contributed by atoms with van der Waals surface area (Å²) in [5.74, 6) is 2.46. The van der Waals surface area contributed by atoms with Gasteiger partial charge in [-0.2, -0.15) is 16.9 Å². The van der Waals surface area contributed by atoms with Crippen molar-refractivity contribution in [2.45, 2.75) is 6.04 Å². The number of carbonyl (C=O) groups excluding carboxylic acids is 1. The van der Waals surface area contributed by atoms with Gasteiger partial charge in [0, 0.05) is 35.0 Å². The highest BCUT2D eigenvalue weighted by Crippen LogP contribution is 2.24. The van der Waals surface area contributed by atoms with Crippen LogP contribution in [0.25, 0.3) is 0 Å². The fraction of sp³-hybridized carbons (Fsp3) is 0.333. The van der Waals surface area contributed by atoms with Gasteiger partial charge in [-0.05, 0) is 18.2 Å². The van der Waals surface area contributed by atoms with E-state index in [1.165, 1.54) is 0 Å². The first-order valence-corrected chi connectivity index (χ1v) is 7.19. The molecule has 0 aliphatic carbocycles. The molecule has 2 aliphatic rings. The van der Waals surface area contributed by atoms with Crippen LogP contribution in [0.4, 0.5) is 11.4 Å². The summed E-state index contributed by atoms with van der Waals surface area (Å²) in [6, 6.07) is 5.19. The lowest BCUT2D eigenvalue weighted by Crippen LogP contribution is -2.57. The summed E-state index contributed by atoms with van der Waals surface area (Å²) in [6.07, 6.45) is 0. The van der Waals surface area contributed by atoms with E-state index in [0.29, 0.717) is 11.4 Å². The molecule has 5 N–H and O–H groups in total. The van der Waals surface area contributed by atoms with Crippen molar-refractivity contribution in [1.29, 1.82) is 0 Å². The van der Waals surface area contributed by atoms with Crippen LogP contribution >= 0.6 is 11.8 Å². The van der Waals surface area contributed by atoms with Crippen LogP contribution in [0.2, 0.25) is 0 Å². The maximum Gasteiger partial charge on any atom is 0.263 e. The van der Waals surface area contributed by atoms with Crippen molar-refractivity contribution in [3.8, 4) is 0 Å². The van der Waals surface area contributed by atoms with Crippen LogP contribution in [0.3, 0.4) is 0 Å². The lowest BCUT2D eigenvalue weighted by Gasteiger charge is -2.38. The zero-order valence-corrected chi connectivity index (χ0v) is 11.1. The molecule has 0 radical (unpaired) electrons.